The summed E-state index contributed by atoms with van der Waals surface area (Å²) in [5, 5.41) is 7.11. The minimum atomic E-state index is 0.244. The van der Waals surface area contributed by atoms with Crippen LogP contribution in [0.4, 0.5) is 0 Å². The molecule has 0 aliphatic carbocycles. The van der Waals surface area contributed by atoms with Crippen LogP contribution in [0.1, 0.15) is 38.3 Å². The normalized spacial score (nSPS) is 18.3. The molecule has 1 aromatic carbocycles. The van der Waals surface area contributed by atoms with Gasteiger partial charge in [-0.1, -0.05) is 44.2 Å². The number of rotatable bonds is 9. The Hall–Kier alpha value is -1.24. The number of hydrogen-bond donors (Lipinski definition) is 2. The first-order chi connectivity index (χ1) is 13.2. The minimum Gasteiger partial charge on any atom is -0.381 e. The number of ether oxygens (including phenoxy) is 1. The number of hydrogen-bond acceptors (Lipinski definition) is 4. The van der Waals surface area contributed by atoms with Gasteiger partial charge in [0.1, 0.15) is 0 Å². The lowest BCUT2D eigenvalue weighted by molar-refractivity contribution is 0.0782. The highest BCUT2D eigenvalue weighted by Gasteiger charge is 2.31. The van der Waals surface area contributed by atoms with Gasteiger partial charge in [-0.3, -0.25) is 9.89 Å². The molecule has 1 fully saturated rings. The fourth-order valence-corrected chi connectivity index (χ4v) is 4.44. The van der Waals surface area contributed by atoms with Crippen LogP contribution in [-0.2, 0) is 4.74 Å². The Morgan fingerprint density at radius 3 is 2.41 bits per heavy atom. The summed E-state index contributed by atoms with van der Waals surface area (Å²) in [6.45, 7) is 9.96. The Bertz CT molecular complexity index is 557. The number of benzene rings is 1. The zero-order valence-electron chi connectivity index (χ0n) is 17.3. The Labute approximate surface area is 169 Å². The van der Waals surface area contributed by atoms with Gasteiger partial charge in [0.05, 0.1) is 6.04 Å². The molecule has 1 aromatic rings. The molecule has 0 saturated carbocycles. The lowest BCUT2D eigenvalue weighted by Crippen LogP contribution is -2.49. The van der Waals surface area contributed by atoms with Gasteiger partial charge >= 0.3 is 0 Å². The van der Waals surface area contributed by atoms with Crippen molar-refractivity contribution in [2.24, 2.45) is 4.99 Å². The van der Waals surface area contributed by atoms with Crippen molar-refractivity contribution in [2.75, 3.05) is 52.7 Å². The largest absolute Gasteiger partial charge is 0.381 e. The van der Waals surface area contributed by atoms with Crippen molar-refractivity contribution in [1.82, 2.24) is 15.5 Å². The second kappa shape index (κ2) is 11.6. The summed E-state index contributed by atoms with van der Waals surface area (Å²) in [5.41, 5.74) is 1.34. The first kappa shape index (κ1) is 22.1. The molecule has 5 nitrogen and oxygen atoms in total. The molecule has 2 N–H and O–H groups in total. The van der Waals surface area contributed by atoms with Crippen molar-refractivity contribution in [3.8, 4) is 0 Å². The Morgan fingerprint density at radius 2 is 1.85 bits per heavy atom. The number of likely N-dealkylation sites (N-methyl/N-ethyl adjacent to an activating group) is 1. The van der Waals surface area contributed by atoms with Crippen molar-refractivity contribution in [2.45, 2.75) is 37.5 Å². The van der Waals surface area contributed by atoms with E-state index in [0.29, 0.717) is 6.04 Å². The van der Waals surface area contributed by atoms with Gasteiger partial charge in [0.25, 0.3) is 0 Å². The monoisotopic (exact) mass is 392 g/mol. The third-order valence-corrected chi connectivity index (χ3v) is 6.96. The van der Waals surface area contributed by atoms with Gasteiger partial charge in [-0.05, 0) is 37.8 Å². The van der Waals surface area contributed by atoms with Gasteiger partial charge in [-0.2, -0.15) is 11.8 Å². The predicted molar refractivity (Wildman–Crippen MR) is 118 cm³/mol. The van der Waals surface area contributed by atoms with E-state index in [2.05, 4.69) is 71.0 Å². The highest BCUT2D eigenvalue weighted by atomic mass is 32.2. The van der Waals surface area contributed by atoms with E-state index in [1.54, 1.807) is 0 Å². The van der Waals surface area contributed by atoms with E-state index in [-0.39, 0.29) is 4.75 Å². The van der Waals surface area contributed by atoms with Crippen LogP contribution in [0, 0.1) is 0 Å². The number of nitrogens with zero attached hydrogens (tertiary/aromatic N) is 2. The van der Waals surface area contributed by atoms with Crippen LogP contribution in [0.15, 0.2) is 35.3 Å². The molecule has 0 amide bonds. The van der Waals surface area contributed by atoms with E-state index in [1.807, 2.05) is 18.8 Å². The number of nitrogens with one attached hydrogen (secondary N) is 2. The van der Waals surface area contributed by atoms with E-state index >= 15 is 0 Å². The lowest BCUT2D eigenvalue weighted by Gasteiger charge is -2.36. The fraction of sp³-hybridized carbons (Fsp3) is 0.667. The van der Waals surface area contributed by atoms with Crippen molar-refractivity contribution in [3.05, 3.63) is 35.9 Å². The van der Waals surface area contributed by atoms with Crippen LogP contribution in [0.25, 0.3) is 0 Å². The molecule has 27 heavy (non-hydrogen) atoms. The quantitative estimate of drug-likeness (QED) is 0.499. The number of guanidine groups is 1. The molecule has 1 heterocycles. The summed E-state index contributed by atoms with van der Waals surface area (Å²) in [6, 6.07) is 11.1. The third kappa shape index (κ3) is 6.40. The fourth-order valence-electron chi connectivity index (χ4n) is 3.65. The van der Waals surface area contributed by atoms with Gasteiger partial charge in [0, 0.05) is 38.1 Å². The SMILES string of the molecule is CCN(CC)C(CNC(=NC)NCC1(SC)CCOCC1)c1ccccc1. The summed E-state index contributed by atoms with van der Waals surface area (Å²) in [6.07, 6.45) is 4.38. The van der Waals surface area contributed by atoms with E-state index in [0.717, 1.165) is 58.2 Å². The average Bonchev–Trinajstić information content (AvgIpc) is 2.74. The second-order valence-corrected chi connectivity index (χ2v) is 8.23. The molecule has 1 saturated heterocycles. The van der Waals surface area contributed by atoms with Gasteiger partial charge in [0.2, 0.25) is 0 Å². The van der Waals surface area contributed by atoms with Crippen LogP contribution >= 0.6 is 11.8 Å². The van der Waals surface area contributed by atoms with Crippen molar-refractivity contribution < 1.29 is 4.74 Å². The number of aliphatic imine (C=N–C) groups is 1. The molecule has 0 aromatic heterocycles. The molecule has 0 radical (unpaired) electrons. The zero-order chi connectivity index (χ0) is 19.5. The van der Waals surface area contributed by atoms with E-state index < -0.39 is 0 Å². The smallest absolute Gasteiger partial charge is 0.191 e. The van der Waals surface area contributed by atoms with Crippen molar-refractivity contribution >= 4 is 17.7 Å². The third-order valence-electron chi connectivity index (χ3n) is 5.54. The summed E-state index contributed by atoms with van der Waals surface area (Å²) in [5.74, 6) is 0.878. The van der Waals surface area contributed by atoms with Gasteiger partial charge in [-0.25, -0.2) is 0 Å². The second-order valence-electron chi connectivity index (χ2n) is 6.95. The Balaban J connectivity index is 1.97. The minimum absolute atomic E-state index is 0.244. The molecule has 6 heteroatoms. The molecular weight excluding hydrogens is 356 g/mol. The molecule has 0 spiro atoms. The van der Waals surface area contributed by atoms with Crippen molar-refractivity contribution in [3.63, 3.8) is 0 Å². The van der Waals surface area contributed by atoms with Gasteiger partial charge in [-0.15, -0.1) is 0 Å². The predicted octanol–water partition coefficient (Wildman–Crippen LogP) is 3.15. The maximum atomic E-state index is 5.55. The van der Waals surface area contributed by atoms with Crippen LogP contribution in [0.3, 0.4) is 0 Å². The van der Waals surface area contributed by atoms with Crippen molar-refractivity contribution in [1.29, 1.82) is 0 Å². The summed E-state index contributed by atoms with van der Waals surface area (Å²) >= 11 is 1.95. The average molecular weight is 393 g/mol. The summed E-state index contributed by atoms with van der Waals surface area (Å²) < 4.78 is 5.79. The molecule has 0 bridgehead atoms. The van der Waals surface area contributed by atoms with E-state index in [1.165, 1.54) is 5.56 Å². The maximum Gasteiger partial charge on any atom is 0.191 e. The summed E-state index contributed by atoms with van der Waals surface area (Å²) in [4.78, 5) is 6.93. The molecule has 2 rings (SSSR count). The highest BCUT2D eigenvalue weighted by molar-refractivity contribution is 8.00. The van der Waals surface area contributed by atoms with Crippen LogP contribution in [0.2, 0.25) is 0 Å². The van der Waals surface area contributed by atoms with Gasteiger partial charge < -0.3 is 15.4 Å². The number of thioether (sulfide) groups is 1. The topological polar surface area (TPSA) is 48.9 Å². The molecular formula is C21H36N4OS. The summed E-state index contributed by atoms with van der Waals surface area (Å²) in [7, 11) is 1.85. The van der Waals surface area contributed by atoms with E-state index in [9.17, 15) is 0 Å². The maximum absolute atomic E-state index is 5.55. The first-order valence-electron chi connectivity index (χ1n) is 10.0. The Morgan fingerprint density at radius 1 is 1.19 bits per heavy atom. The molecule has 1 atom stereocenters. The zero-order valence-corrected chi connectivity index (χ0v) is 18.1. The highest BCUT2D eigenvalue weighted by Crippen LogP contribution is 2.32. The van der Waals surface area contributed by atoms with Crippen LogP contribution in [-0.4, -0.2) is 68.3 Å². The molecule has 1 aliphatic heterocycles. The van der Waals surface area contributed by atoms with Crippen LogP contribution < -0.4 is 10.6 Å². The standard InChI is InChI=1S/C21H36N4OS/c1-5-25(6-2)19(18-10-8-7-9-11-18)16-23-20(22-3)24-17-21(27-4)12-14-26-15-13-21/h7-11,19H,5-6,12-17H2,1-4H3,(H2,22,23,24). The lowest BCUT2D eigenvalue weighted by atomic mass is 9.99. The molecule has 1 aliphatic rings. The van der Waals surface area contributed by atoms with Crippen LogP contribution in [0.5, 0.6) is 0 Å². The molecule has 152 valence electrons. The van der Waals surface area contributed by atoms with Gasteiger partial charge in [0.15, 0.2) is 5.96 Å². The first-order valence-corrected chi connectivity index (χ1v) is 11.3. The molecule has 1 unspecified atom stereocenters. The van der Waals surface area contributed by atoms with E-state index in [4.69, 9.17) is 4.74 Å². The Kier molecular flexibility index (Phi) is 9.45.